The van der Waals surface area contributed by atoms with Gasteiger partial charge in [0.15, 0.2) is 0 Å². The molecule has 100 valence electrons. The lowest BCUT2D eigenvalue weighted by Crippen LogP contribution is -2.17. The molecule has 1 aromatic heterocycles. The number of aryl methyl sites for hydroxylation is 1. The topological polar surface area (TPSA) is 75.1 Å². The highest BCUT2D eigenvalue weighted by molar-refractivity contribution is 7.15. The number of carbonyl (C=O) groups is 1. The molecule has 0 radical (unpaired) electrons. The molecule has 1 aromatic rings. The van der Waals surface area contributed by atoms with Crippen molar-refractivity contribution in [2.75, 3.05) is 5.32 Å². The summed E-state index contributed by atoms with van der Waals surface area (Å²) < 4.78 is 0. The summed E-state index contributed by atoms with van der Waals surface area (Å²) in [6.07, 6.45) is 8.21. The fourth-order valence-electron chi connectivity index (χ4n) is 2.23. The second-order valence-electron chi connectivity index (χ2n) is 4.73. The number of hydrogen-bond acceptors (Lipinski definition) is 5. The molecule has 6 heteroatoms. The van der Waals surface area contributed by atoms with Crippen molar-refractivity contribution in [3.05, 3.63) is 5.01 Å². The van der Waals surface area contributed by atoms with E-state index in [0.717, 1.165) is 10.1 Å². The van der Waals surface area contributed by atoms with Crippen LogP contribution in [0.4, 0.5) is 5.13 Å². The molecule has 18 heavy (non-hydrogen) atoms. The molecule has 0 saturated heterocycles. The molecule has 1 saturated carbocycles. The maximum atomic E-state index is 10.5. The van der Waals surface area contributed by atoms with Crippen LogP contribution in [0.25, 0.3) is 0 Å². The molecule has 0 bridgehead atoms. The Kier molecular flexibility index (Phi) is 4.92. The van der Waals surface area contributed by atoms with Crippen LogP contribution in [0.2, 0.25) is 0 Å². The molecule has 1 fully saturated rings. The van der Waals surface area contributed by atoms with Crippen LogP contribution in [-0.4, -0.2) is 27.3 Å². The zero-order valence-electron chi connectivity index (χ0n) is 10.4. The fraction of sp³-hybridized carbons (Fsp3) is 0.750. The van der Waals surface area contributed by atoms with E-state index in [4.69, 9.17) is 5.11 Å². The molecule has 0 aromatic carbocycles. The first-order valence-corrected chi connectivity index (χ1v) is 7.36. The van der Waals surface area contributed by atoms with Gasteiger partial charge in [0.25, 0.3) is 0 Å². The van der Waals surface area contributed by atoms with Gasteiger partial charge in [0.05, 0.1) is 6.42 Å². The van der Waals surface area contributed by atoms with E-state index in [0.29, 0.717) is 12.5 Å². The number of nitrogens with zero attached hydrogens (tertiary/aromatic N) is 2. The normalized spacial score (nSPS) is 17.3. The van der Waals surface area contributed by atoms with Gasteiger partial charge in [-0.25, -0.2) is 0 Å². The summed E-state index contributed by atoms with van der Waals surface area (Å²) in [6.45, 7) is 0. The maximum absolute atomic E-state index is 10.5. The maximum Gasteiger partial charge on any atom is 0.303 e. The highest BCUT2D eigenvalue weighted by Gasteiger charge is 2.14. The van der Waals surface area contributed by atoms with Gasteiger partial charge in [-0.2, -0.15) is 0 Å². The molecule has 1 heterocycles. The second kappa shape index (κ2) is 6.68. The lowest BCUT2D eigenvalue weighted by atomic mass is 10.1. The summed E-state index contributed by atoms with van der Waals surface area (Å²) >= 11 is 1.48. The van der Waals surface area contributed by atoms with E-state index in [-0.39, 0.29) is 6.42 Å². The van der Waals surface area contributed by atoms with Gasteiger partial charge in [-0.3, -0.25) is 4.79 Å². The third-order valence-electron chi connectivity index (χ3n) is 3.20. The Hall–Kier alpha value is -1.17. The first-order chi connectivity index (χ1) is 8.74. The van der Waals surface area contributed by atoms with E-state index in [1.807, 2.05) is 0 Å². The van der Waals surface area contributed by atoms with Crippen LogP contribution in [0.1, 0.15) is 50.0 Å². The van der Waals surface area contributed by atoms with Crippen LogP contribution >= 0.6 is 11.3 Å². The van der Waals surface area contributed by atoms with Crippen molar-refractivity contribution < 1.29 is 9.90 Å². The quantitative estimate of drug-likeness (QED) is 0.804. The van der Waals surface area contributed by atoms with Gasteiger partial charge in [-0.05, 0) is 12.8 Å². The molecule has 1 aliphatic carbocycles. The van der Waals surface area contributed by atoms with Crippen molar-refractivity contribution in [3.63, 3.8) is 0 Å². The first kappa shape index (κ1) is 13.3. The van der Waals surface area contributed by atoms with Crippen molar-refractivity contribution >= 4 is 22.4 Å². The smallest absolute Gasteiger partial charge is 0.303 e. The van der Waals surface area contributed by atoms with Crippen LogP contribution in [0, 0.1) is 0 Å². The first-order valence-electron chi connectivity index (χ1n) is 6.55. The van der Waals surface area contributed by atoms with Crippen LogP contribution in [0.5, 0.6) is 0 Å². The summed E-state index contributed by atoms with van der Waals surface area (Å²) in [5.74, 6) is -0.788. The molecule has 0 unspecified atom stereocenters. The predicted molar refractivity (Wildman–Crippen MR) is 71.0 cm³/mol. The summed E-state index contributed by atoms with van der Waals surface area (Å²) in [7, 11) is 0. The number of rotatable bonds is 5. The fourth-order valence-corrected chi connectivity index (χ4v) is 3.04. The minimum atomic E-state index is -0.788. The zero-order chi connectivity index (χ0) is 12.8. The predicted octanol–water partition coefficient (Wildman–Crippen LogP) is 2.69. The Morgan fingerprint density at radius 1 is 1.28 bits per heavy atom. The Morgan fingerprint density at radius 3 is 2.67 bits per heavy atom. The molecule has 0 spiro atoms. The lowest BCUT2D eigenvalue weighted by Gasteiger charge is -2.14. The van der Waals surface area contributed by atoms with Gasteiger partial charge in [0.2, 0.25) is 5.13 Å². The molecule has 2 N–H and O–H groups in total. The van der Waals surface area contributed by atoms with Crippen LogP contribution in [0.15, 0.2) is 0 Å². The molecule has 5 nitrogen and oxygen atoms in total. The number of carboxylic acid groups (broad SMARTS) is 1. The minimum Gasteiger partial charge on any atom is -0.481 e. The summed E-state index contributed by atoms with van der Waals surface area (Å²) in [4.78, 5) is 10.5. The van der Waals surface area contributed by atoms with Crippen molar-refractivity contribution in [1.29, 1.82) is 0 Å². The van der Waals surface area contributed by atoms with E-state index in [2.05, 4.69) is 15.5 Å². The second-order valence-corrected chi connectivity index (χ2v) is 5.79. The molecular weight excluding hydrogens is 250 g/mol. The van der Waals surface area contributed by atoms with E-state index in [9.17, 15) is 4.79 Å². The largest absolute Gasteiger partial charge is 0.481 e. The average molecular weight is 269 g/mol. The monoisotopic (exact) mass is 269 g/mol. The Morgan fingerprint density at radius 2 is 2.00 bits per heavy atom. The Bertz CT molecular complexity index is 386. The van der Waals surface area contributed by atoms with Crippen molar-refractivity contribution in [2.24, 2.45) is 0 Å². The number of carboxylic acids is 1. The van der Waals surface area contributed by atoms with E-state index in [1.165, 1.54) is 49.9 Å². The molecular formula is C12H19N3O2S. The molecule has 0 atom stereocenters. The number of aliphatic carboxylic acids is 1. The Balaban J connectivity index is 1.83. The summed E-state index contributed by atoms with van der Waals surface area (Å²) in [5.41, 5.74) is 0. The van der Waals surface area contributed by atoms with Gasteiger partial charge >= 0.3 is 5.97 Å². The summed E-state index contributed by atoms with van der Waals surface area (Å²) in [5, 5.41) is 21.8. The van der Waals surface area contributed by atoms with Crippen LogP contribution in [-0.2, 0) is 11.2 Å². The summed E-state index contributed by atoms with van der Waals surface area (Å²) in [6, 6.07) is 0.507. The van der Waals surface area contributed by atoms with Gasteiger partial charge < -0.3 is 10.4 Å². The number of hydrogen-bond donors (Lipinski definition) is 2. The number of aromatic nitrogens is 2. The molecule has 0 amide bonds. The molecule has 2 rings (SSSR count). The van der Waals surface area contributed by atoms with E-state index in [1.54, 1.807) is 0 Å². The van der Waals surface area contributed by atoms with Crippen LogP contribution < -0.4 is 5.32 Å². The third kappa shape index (κ3) is 4.25. The standard InChI is InChI=1S/C12H19N3O2S/c16-11(17)8-7-10-14-15-12(18-10)13-9-5-3-1-2-4-6-9/h9H,1-8H2,(H,13,15)(H,16,17). The zero-order valence-corrected chi connectivity index (χ0v) is 11.2. The Labute approximate surface area is 111 Å². The highest BCUT2D eigenvalue weighted by Crippen LogP contribution is 2.23. The van der Waals surface area contributed by atoms with Gasteiger partial charge in [-0.1, -0.05) is 37.0 Å². The highest BCUT2D eigenvalue weighted by atomic mass is 32.1. The lowest BCUT2D eigenvalue weighted by molar-refractivity contribution is -0.136. The van der Waals surface area contributed by atoms with Crippen LogP contribution in [0.3, 0.4) is 0 Å². The van der Waals surface area contributed by atoms with Gasteiger partial charge in [-0.15, -0.1) is 10.2 Å². The number of nitrogens with one attached hydrogen (secondary N) is 1. The van der Waals surface area contributed by atoms with E-state index >= 15 is 0 Å². The van der Waals surface area contributed by atoms with E-state index < -0.39 is 5.97 Å². The molecule has 0 aliphatic heterocycles. The average Bonchev–Trinajstić information content (AvgIpc) is 2.62. The SMILES string of the molecule is O=C(O)CCc1nnc(NC2CCCCCC2)s1. The van der Waals surface area contributed by atoms with Gasteiger partial charge in [0, 0.05) is 12.5 Å². The van der Waals surface area contributed by atoms with Crippen molar-refractivity contribution in [1.82, 2.24) is 10.2 Å². The third-order valence-corrected chi connectivity index (χ3v) is 4.12. The minimum absolute atomic E-state index is 0.123. The molecule has 1 aliphatic rings. The number of anilines is 1. The van der Waals surface area contributed by atoms with Crippen molar-refractivity contribution in [3.8, 4) is 0 Å². The van der Waals surface area contributed by atoms with Crippen molar-refractivity contribution in [2.45, 2.75) is 57.4 Å². The van der Waals surface area contributed by atoms with Gasteiger partial charge in [0.1, 0.15) is 5.01 Å².